The number of imide groups is 1. The molecular weight excluding hydrogens is 324 g/mol. The van der Waals surface area contributed by atoms with Crippen molar-refractivity contribution in [3.8, 4) is 0 Å². The van der Waals surface area contributed by atoms with Crippen molar-refractivity contribution >= 4 is 17.8 Å². The van der Waals surface area contributed by atoms with Gasteiger partial charge in [0.15, 0.2) is 0 Å². The highest BCUT2D eigenvalue weighted by Gasteiger charge is 2.55. The van der Waals surface area contributed by atoms with Crippen LogP contribution in [0.1, 0.15) is 32.1 Å². The van der Waals surface area contributed by atoms with Crippen molar-refractivity contribution in [2.75, 3.05) is 53.0 Å². The Labute approximate surface area is 148 Å². The van der Waals surface area contributed by atoms with Gasteiger partial charge in [0.25, 0.3) is 5.91 Å². The molecule has 0 bridgehead atoms. The molecule has 140 valence electrons. The number of hydrogen-bond donors (Lipinski definition) is 1. The highest BCUT2D eigenvalue weighted by molar-refractivity contribution is 6.08. The second-order valence-corrected chi connectivity index (χ2v) is 7.13. The second kappa shape index (κ2) is 7.70. The summed E-state index contributed by atoms with van der Waals surface area (Å²) < 4.78 is 5.29. The summed E-state index contributed by atoms with van der Waals surface area (Å²) in [7, 11) is 1.68. The van der Waals surface area contributed by atoms with Gasteiger partial charge in [0.2, 0.25) is 5.91 Å². The van der Waals surface area contributed by atoms with Crippen molar-refractivity contribution in [2.45, 2.75) is 37.6 Å². The first-order valence-electron chi connectivity index (χ1n) is 9.21. The Hall–Kier alpha value is -1.67. The smallest absolute Gasteiger partial charge is 0.327 e. The van der Waals surface area contributed by atoms with Crippen LogP contribution < -0.4 is 5.32 Å². The SMILES string of the molecule is CN1C(=O)N(CC(=O)NCCN2CCOCC2)C(=O)C12CCCCC2. The normalized spacial score (nSPS) is 24.2. The number of hydrogen-bond acceptors (Lipinski definition) is 5. The van der Waals surface area contributed by atoms with E-state index in [-0.39, 0.29) is 24.4 Å². The topological polar surface area (TPSA) is 82.2 Å². The first kappa shape index (κ1) is 18.1. The number of ether oxygens (including phenoxy) is 1. The van der Waals surface area contributed by atoms with E-state index in [2.05, 4.69) is 10.2 Å². The zero-order chi connectivity index (χ0) is 17.9. The number of nitrogens with zero attached hydrogens (tertiary/aromatic N) is 3. The Morgan fingerprint density at radius 2 is 1.84 bits per heavy atom. The minimum absolute atomic E-state index is 0.188. The number of nitrogens with one attached hydrogen (secondary N) is 1. The molecule has 1 N–H and O–H groups in total. The lowest BCUT2D eigenvalue weighted by molar-refractivity contribution is -0.137. The maximum Gasteiger partial charge on any atom is 0.327 e. The van der Waals surface area contributed by atoms with Crippen molar-refractivity contribution in [1.29, 1.82) is 0 Å². The van der Waals surface area contributed by atoms with Crippen molar-refractivity contribution in [3.63, 3.8) is 0 Å². The van der Waals surface area contributed by atoms with Crippen molar-refractivity contribution in [1.82, 2.24) is 20.0 Å². The van der Waals surface area contributed by atoms with Gasteiger partial charge in [0.1, 0.15) is 12.1 Å². The number of carbonyl (C=O) groups excluding carboxylic acids is 3. The molecule has 0 aromatic carbocycles. The molecule has 1 aliphatic carbocycles. The number of urea groups is 1. The first-order valence-corrected chi connectivity index (χ1v) is 9.21. The monoisotopic (exact) mass is 352 g/mol. The lowest BCUT2D eigenvalue weighted by atomic mass is 9.81. The third-order valence-electron chi connectivity index (χ3n) is 5.64. The highest BCUT2D eigenvalue weighted by atomic mass is 16.5. The van der Waals surface area contributed by atoms with E-state index < -0.39 is 5.54 Å². The van der Waals surface area contributed by atoms with Crippen LogP contribution in [0.3, 0.4) is 0 Å². The lowest BCUT2D eigenvalue weighted by Gasteiger charge is -2.35. The summed E-state index contributed by atoms with van der Waals surface area (Å²) >= 11 is 0. The average molecular weight is 352 g/mol. The largest absolute Gasteiger partial charge is 0.379 e. The van der Waals surface area contributed by atoms with E-state index in [0.29, 0.717) is 19.4 Å². The Morgan fingerprint density at radius 3 is 2.52 bits per heavy atom. The van der Waals surface area contributed by atoms with Crippen LogP contribution in [0.5, 0.6) is 0 Å². The molecule has 1 saturated carbocycles. The predicted octanol–water partition coefficient (Wildman–Crippen LogP) is 0.0317. The predicted molar refractivity (Wildman–Crippen MR) is 91.0 cm³/mol. The second-order valence-electron chi connectivity index (χ2n) is 7.13. The third kappa shape index (κ3) is 3.64. The number of carbonyl (C=O) groups is 3. The maximum absolute atomic E-state index is 12.8. The minimum atomic E-state index is -0.719. The van der Waals surface area contributed by atoms with E-state index in [1.807, 2.05) is 0 Å². The molecular formula is C17H28N4O4. The molecule has 25 heavy (non-hydrogen) atoms. The van der Waals surface area contributed by atoms with Gasteiger partial charge in [-0.3, -0.25) is 19.4 Å². The number of morpholine rings is 1. The zero-order valence-corrected chi connectivity index (χ0v) is 15.0. The molecule has 2 aliphatic heterocycles. The minimum Gasteiger partial charge on any atom is -0.379 e. The summed E-state index contributed by atoms with van der Waals surface area (Å²) in [6, 6.07) is -0.352. The van der Waals surface area contributed by atoms with Gasteiger partial charge < -0.3 is 15.0 Å². The van der Waals surface area contributed by atoms with Crippen LogP contribution in [-0.2, 0) is 14.3 Å². The summed E-state index contributed by atoms with van der Waals surface area (Å²) in [6.07, 6.45) is 4.39. The molecule has 3 fully saturated rings. The van der Waals surface area contributed by atoms with Crippen LogP contribution in [0.2, 0.25) is 0 Å². The highest BCUT2D eigenvalue weighted by Crippen LogP contribution is 2.39. The molecule has 0 radical (unpaired) electrons. The Morgan fingerprint density at radius 1 is 1.16 bits per heavy atom. The van der Waals surface area contributed by atoms with Crippen LogP contribution in [-0.4, -0.2) is 91.1 Å². The molecule has 0 aromatic rings. The standard InChI is InChI=1S/C17H28N4O4/c1-19-16(24)21(15(23)17(19)5-3-2-4-6-17)13-14(22)18-7-8-20-9-11-25-12-10-20/h2-13H2,1H3,(H,18,22). The van der Waals surface area contributed by atoms with Crippen LogP contribution in [0.4, 0.5) is 4.79 Å². The molecule has 0 aromatic heterocycles. The summed E-state index contributed by atoms with van der Waals surface area (Å²) in [6.45, 7) is 4.25. The Balaban J connectivity index is 1.50. The summed E-state index contributed by atoms with van der Waals surface area (Å²) in [5.41, 5.74) is -0.719. The molecule has 2 heterocycles. The Kier molecular flexibility index (Phi) is 5.58. The van der Waals surface area contributed by atoms with Crippen LogP contribution in [0.15, 0.2) is 0 Å². The van der Waals surface area contributed by atoms with Crippen molar-refractivity contribution in [3.05, 3.63) is 0 Å². The zero-order valence-electron chi connectivity index (χ0n) is 15.0. The molecule has 8 nitrogen and oxygen atoms in total. The fraction of sp³-hybridized carbons (Fsp3) is 0.824. The fourth-order valence-electron chi connectivity index (χ4n) is 4.05. The van der Waals surface area contributed by atoms with Gasteiger partial charge >= 0.3 is 6.03 Å². The molecule has 0 unspecified atom stereocenters. The van der Waals surface area contributed by atoms with E-state index in [0.717, 1.165) is 57.0 Å². The molecule has 3 rings (SSSR count). The first-order chi connectivity index (χ1) is 12.0. The summed E-state index contributed by atoms with van der Waals surface area (Å²) in [4.78, 5) is 42.4. The molecule has 1 spiro atoms. The molecule has 8 heteroatoms. The Bertz CT molecular complexity index is 527. The molecule has 3 aliphatic rings. The van der Waals surface area contributed by atoms with Crippen LogP contribution in [0.25, 0.3) is 0 Å². The number of likely N-dealkylation sites (N-methyl/N-ethyl adjacent to an activating group) is 1. The van der Waals surface area contributed by atoms with E-state index in [9.17, 15) is 14.4 Å². The molecule has 0 atom stereocenters. The molecule has 2 saturated heterocycles. The number of rotatable bonds is 5. The van der Waals surface area contributed by atoms with E-state index in [4.69, 9.17) is 4.74 Å². The van der Waals surface area contributed by atoms with Gasteiger partial charge in [-0.15, -0.1) is 0 Å². The van der Waals surface area contributed by atoms with Crippen LogP contribution >= 0.6 is 0 Å². The van der Waals surface area contributed by atoms with E-state index in [1.54, 1.807) is 11.9 Å². The third-order valence-corrected chi connectivity index (χ3v) is 5.64. The average Bonchev–Trinajstić information content (AvgIpc) is 2.80. The quantitative estimate of drug-likeness (QED) is 0.706. The van der Waals surface area contributed by atoms with Crippen molar-refractivity contribution in [2.24, 2.45) is 0 Å². The lowest BCUT2D eigenvalue weighted by Crippen LogP contribution is -2.49. The van der Waals surface area contributed by atoms with Gasteiger partial charge in [-0.05, 0) is 12.8 Å². The summed E-state index contributed by atoms with van der Waals surface area (Å²) in [5.74, 6) is -0.487. The fourth-order valence-corrected chi connectivity index (χ4v) is 4.05. The van der Waals surface area contributed by atoms with Gasteiger partial charge in [-0.2, -0.15) is 0 Å². The van der Waals surface area contributed by atoms with E-state index in [1.165, 1.54) is 0 Å². The maximum atomic E-state index is 12.8. The van der Waals surface area contributed by atoms with Crippen LogP contribution in [0, 0.1) is 0 Å². The van der Waals surface area contributed by atoms with Gasteiger partial charge in [-0.25, -0.2) is 4.79 Å². The number of amides is 4. The van der Waals surface area contributed by atoms with Gasteiger partial charge in [0, 0.05) is 33.2 Å². The molecule has 4 amide bonds. The van der Waals surface area contributed by atoms with Gasteiger partial charge in [0.05, 0.1) is 13.2 Å². The summed E-state index contributed by atoms with van der Waals surface area (Å²) in [5, 5.41) is 2.82. The van der Waals surface area contributed by atoms with E-state index >= 15 is 0 Å². The van der Waals surface area contributed by atoms with Crippen molar-refractivity contribution < 1.29 is 19.1 Å². The van der Waals surface area contributed by atoms with Gasteiger partial charge in [-0.1, -0.05) is 19.3 Å².